The van der Waals surface area contributed by atoms with Gasteiger partial charge in [0.1, 0.15) is 0 Å². The summed E-state index contributed by atoms with van der Waals surface area (Å²) in [5.74, 6) is 0. The maximum atomic E-state index is 4.74. The van der Waals surface area contributed by atoms with E-state index in [1.807, 2.05) is 0 Å². The van der Waals surface area contributed by atoms with Crippen molar-refractivity contribution in [2.24, 2.45) is 0 Å². The van der Waals surface area contributed by atoms with Gasteiger partial charge in [-0.3, -0.25) is 0 Å². The Kier molecular flexibility index (Phi) is 15.2. The maximum Gasteiger partial charge on any atom is 0.483 e. The number of hydrogen-bond donors (Lipinski definition) is 0. The second-order valence-electron chi connectivity index (χ2n) is 4.88. The normalized spacial score (nSPS) is 18.7. The Morgan fingerprint density at radius 2 is 0.611 bits per heavy atom. The predicted octanol–water partition coefficient (Wildman–Crippen LogP) is 3.93. The molecule has 0 amide bonds. The Hall–Kier alpha value is 0.0969. The molecule has 110 valence electrons. The van der Waals surface area contributed by atoms with Crippen LogP contribution in [0.4, 0.5) is 0 Å². The van der Waals surface area contributed by atoms with Crippen LogP contribution in [0.1, 0.15) is 70.6 Å². The number of rotatable bonds is 3. The van der Waals surface area contributed by atoms with E-state index < -0.39 is 9.53 Å². The van der Waals surface area contributed by atoms with E-state index in [0.717, 1.165) is 0 Å². The van der Waals surface area contributed by atoms with Crippen LogP contribution in [0.15, 0.2) is 0 Å². The van der Waals surface area contributed by atoms with Gasteiger partial charge in [-0.25, -0.2) is 0 Å². The molecule has 1 rings (SSSR count). The van der Waals surface area contributed by atoms with Crippen molar-refractivity contribution < 1.29 is 13.3 Å². The van der Waals surface area contributed by atoms with Gasteiger partial charge in [-0.05, 0) is 0 Å². The fraction of sp³-hybridized carbons (Fsp3) is 1.00. The molecule has 3 nitrogen and oxygen atoms in total. The van der Waals surface area contributed by atoms with Crippen molar-refractivity contribution in [1.29, 1.82) is 0 Å². The lowest BCUT2D eigenvalue weighted by Gasteiger charge is -2.05. The van der Waals surface area contributed by atoms with Crippen LogP contribution in [-0.2, 0) is 13.3 Å². The second-order valence-corrected chi connectivity index (χ2v) is 6.88. The van der Waals surface area contributed by atoms with Gasteiger partial charge in [-0.2, -0.15) is 0 Å². The fourth-order valence-electron chi connectivity index (χ4n) is 2.23. The van der Waals surface area contributed by atoms with Crippen molar-refractivity contribution in [3.8, 4) is 0 Å². The van der Waals surface area contributed by atoms with Gasteiger partial charge >= 0.3 is 9.53 Å². The van der Waals surface area contributed by atoms with Gasteiger partial charge in [-0.1, -0.05) is 70.6 Å². The van der Waals surface area contributed by atoms with Gasteiger partial charge in [0.25, 0.3) is 0 Å². The molecule has 4 heteroatoms. The van der Waals surface area contributed by atoms with E-state index in [1.165, 1.54) is 70.6 Å². The molecule has 0 aliphatic heterocycles. The molecule has 0 aromatic heterocycles. The molecule has 1 aliphatic carbocycles. The Morgan fingerprint density at radius 1 is 0.444 bits per heavy atom. The summed E-state index contributed by atoms with van der Waals surface area (Å²) in [6, 6.07) is 0. The minimum absolute atomic E-state index is 1.50. The molecule has 1 saturated carbocycles. The minimum atomic E-state index is -1.67. The van der Waals surface area contributed by atoms with Gasteiger partial charge in [0.15, 0.2) is 0 Å². The van der Waals surface area contributed by atoms with Crippen molar-refractivity contribution in [3.63, 3.8) is 0 Å². The fourth-order valence-corrected chi connectivity index (χ4v) is 2.81. The first-order valence-corrected chi connectivity index (χ1v) is 8.85. The summed E-state index contributed by atoms with van der Waals surface area (Å²) in [6.07, 6.45) is 16.5. The van der Waals surface area contributed by atoms with Gasteiger partial charge < -0.3 is 13.3 Å². The summed E-state index contributed by atoms with van der Waals surface area (Å²) in [5.41, 5.74) is 0. The van der Waals surface area contributed by atoms with Gasteiger partial charge in [0, 0.05) is 21.3 Å². The van der Waals surface area contributed by atoms with Crippen LogP contribution < -0.4 is 0 Å². The molecular weight excluding hydrogens is 244 g/mol. The lowest BCUT2D eigenvalue weighted by molar-refractivity contribution is 0.163. The van der Waals surface area contributed by atoms with Crippen LogP contribution in [0.25, 0.3) is 0 Å². The molecular formula is C14H32O3Si. The monoisotopic (exact) mass is 276 g/mol. The molecule has 1 fully saturated rings. The van der Waals surface area contributed by atoms with Crippen molar-refractivity contribution >= 4 is 9.53 Å². The van der Waals surface area contributed by atoms with Crippen molar-refractivity contribution in [1.82, 2.24) is 0 Å². The third-order valence-corrected chi connectivity index (χ3v) is 4.48. The second kappa shape index (κ2) is 15.2. The first kappa shape index (κ1) is 18.1. The van der Waals surface area contributed by atoms with E-state index in [9.17, 15) is 0 Å². The molecule has 0 N–H and O–H groups in total. The van der Waals surface area contributed by atoms with E-state index >= 15 is 0 Å². The SMILES string of the molecule is C1CCCCCCCCCC1.CO[SiH](OC)OC. The molecule has 0 radical (unpaired) electrons. The van der Waals surface area contributed by atoms with Gasteiger partial charge in [0.2, 0.25) is 0 Å². The summed E-state index contributed by atoms with van der Waals surface area (Å²) in [6.45, 7) is 0. The Bertz CT molecular complexity index is 108. The molecule has 0 atom stereocenters. The highest BCUT2D eigenvalue weighted by molar-refractivity contribution is 6.36. The molecule has 0 heterocycles. The van der Waals surface area contributed by atoms with Crippen molar-refractivity contribution in [2.75, 3.05) is 21.3 Å². The lowest BCUT2D eigenvalue weighted by atomic mass is 10.1. The zero-order valence-corrected chi connectivity index (χ0v) is 13.7. The summed E-state index contributed by atoms with van der Waals surface area (Å²) in [5, 5.41) is 0. The van der Waals surface area contributed by atoms with E-state index in [-0.39, 0.29) is 0 Å². The summed E-state index contributed by atoms with van der Waals surface area (Å²) >= 11 is 0. The molecule has 1 aliphatic rings. The van der Waals surface area contributed by atoms with E-state index in [4.69, 9.17) is 13.3 Å². The highest BCUT2D eigenvalue weighted by atomic mass is 28.3. The average Bonchev–Trinajstić information content (AvgIpc) is 2.47. The average molecular weight is 276 g/mol. The topological polar surface area (TPSA) is 27.7 Å². The molecule has 0 unspecified atom stereocenters. The van der Waals surface area contributed by atoms with Crippen LogP contribution in [-0.4, -0.2) is 30.9 Å². The largest absolute Gasteiger partial charge is 0.483 e. The number of hydrogen-bond acceptors (Lipinski definition) is 3. The molecule has 0 bridgehead atoms. The van der Waals surface area contributed by atoms with Crippen molar-refractivity contribution in [3.05, 3.63) is 0 Å². The lowest BCUT2D eigenvalue weighted by Crippen LogP contribution is -2.21. The highest BCUT2D eigenvalue weighted by Gasteiger charge is 2.04. The standard InChI is InChI=1S/C11H22.C3H10O3Si/c1-2-4-6-8-10-11-9-7-5-3-1;1-4-7(5-2)6-3/h1-11H2;7H,1-3H3. The third kappa shape index (κ3) is 12.6. The van der Waals surface area contributed by atoms with E-state index in [1.54, 1.807) is 21.3 Å². The van der Waals surface area contributed by atoms with Crippen LogP contribution in [0.3, 0.4) is 0 Å². The maximum absolute atomic E-state index is 4.74. The predicted molar refractivity (Wildman–Crippen MR) is 79.0 cm³/mol. The van der Waals surface area contributed by atoms with E-state index in [2.05, 4.69) is 0 Å². The van der Waals surface area contributed by atoms with Crippen LogP contribution in [0.5, 0.6) is 0 Å². The summed E-state index contributed by atoms with van der Waals surface area (Å²) < 4.78 is 14.2. The molecule has 0 saturated heterocycles. The molecule has 0 aromatic rings. The smallest absolute Gasteiger partial charge is 0.379 e. The Morgan fingerprint density at radius 3 is 0.667 bits per heavy atom. The van der Waals surface area contributed by atoms with Crippen LogP contribution in [0, 0.1) is 0 Å². The Labute approximate surface area is 115 Å². The molecule has 0 aromatic carbocycles. The van der Waals surface area contributed by atoms with E-state index in [0.29, 0.717) is 0 Å². The molecule has 0 spiro atoms. The first-order chi connectivity index (χ1) is 8.85. The zero-order chi connectivity index (χ0) is 13.5. The third-order valence-electron chi connectivity index (χ3n) is 3.33. The van der Waals surface area contributed by atoms with Gasteiger partial charge in [0.05, 0.1) is 0 Å². The van der Waals surface area contributed by atoms with Crippen LogP contribution >= 0.6 is 0 Å². The van der Waals surface area contributed by atoms with Crippen molar-refractivity contribution in [2.45, 2.75) is 70.6 Å². The quantitative estimate of drug-likeness (QED) is 0.731. The Balaban J connectivity index is 0.000000360. The van der Waals surface area contributed by atoms with Crippen LogP contribution in [0.2, 0.25) is 0 Å². The highest BCUT2D eigenvalue weighted by Crippen LogP contribution is 2.15. The minimum Gasteiger partial charge on any atom is -0.379 e. The first-order valence-electron chi connectivity index (χ1n) is 7.43. The summed E-state index contributed by atoms with van der Waals surface area (Å²) in [4.78, 5) is 0. The molecule has 18 heavy (non-hydrogen) atoms. The zero-order valence-electron chi connectivity index (χ0n) is 12.6. The summed E-state index contributed by atoms with van der Waals surface area (Å²) in [7, 11) is 3.05. The van der Waals surface area contributed by atoms with Gasteiger partial charge in [-0.15, -0.1) is 0 Å².